The van der Waals surface area contributed by atoms with E-state index in [1.54, 1.807) is 30.8 Å². The lowest BCUT2D eigenvalue weighted by molar-refractivity contribution is 0.0810. The quantitative estimate of drug-likeness (QED) is 0.282. The predicted octanol–water partition coefficient (Wildman–Crippen LogP) is 6.96. The highest BCUT2D eigenvalue weighted by atomic mass is 32.2. The number of para-hydroxylation sites is 2. The van der Waals surface area contributed by atoms with Crippen LogP contribution in [0.15, 0.2) is 107 Å². The van der Waals surface area contributed by atoms with Crippen molar-refractivity contribution >= 4 is 40.4 Å². The van der Waals surface area contributed by atoms with Gasteiger partial charge in [-0.3, -0.25) is 9.59 Å². The molecule has 0 spiro atoms. The molecular formula is C28H19NO2S. The van der Waals surface area contributed by atoms with Crippen molar-refractivity contribution in [3.8, 4) is 0 Å². The molecule has 3 nitrogen and oxygen atoms in total. The molecule has 1 aliphatic heterocycles. The number of nitrogens with zero attached hydrogens (tertiary/aromatic N) is 1. The Kier molecular flexibility index (Phi) is 4.14. The number of hydrogen-bond donors (Lipinski definition) is 0. The van der Waals surface area contributed by atoms with Crippen molar-refractivity contribution in [3.63, 3.8) is 0 Å². The molecule has 0 aromatic heterocycles. The van der Waals surface area contributed by atoms with E-state index in [4.69, 9.17) is 0 Å². The third-order valence-electron chi connectivity index (χ3n) is 6.44. The third-order valence-corrected chi connectivity index (χ3v) is 7.56. The van der Waals surface area contributed by atoms with Crippen molar-refractivity contribution in [2.24, 2.45) is 0 Å². The first-order chi connectivity index (χ1) is 15.6. The summed E-state index contributed by atoms with van der Waals surface area (Å²) in [6.45, 7) is 1.76. The first-order valence-electron chi connectivity index (χ1n) is 10.5. The summed E-state index contributed by atoms with van der Waals surface area (Å²) in [6.07, 6.45) is 0. The molecule has 1 heterocycles. The molecule has 0 saturated carbocycles. The van der Waals surface area contributed by atoms with Gasteiger partial charge in [0.2, 0.25) is 0 Å². The molecule has 0 saturated heterocycles. The molecule has 4 heteroatoms. The third kappa shape index (κ3) is 2.56. The summed E-state index contributed by atoms with van der Waals surface area (Å²) in [5, 5.41) is 0. The molecule has 4 aromatic rings. The number of anilines is 3. The van der Waals surface area contributed by atoms with Gasteiger partial charge in [0.1, 0.15) is 5.41 Å². The Labute approximate surface area is 190 Å². The Balaban J connectivity index is 1.51. The van der Waals surface area contributed by atoms with Crippen LogP contribution in [0, 0.1) is 0 Å². The number of Topliss-reactive ketones (excluding diaryl/α,β-unsaturated/α-hetero) is 2. The molecule has 2 aliphatic rings. The van der Waals surface area contributed by atoms with Crippen molar-refractivity contribution in [2.75, 3.05) is 4.90 Å². The molecule has 154 valence electrons. The number of rotatable bonds is 2. The van der Waals surface area contributed by atoms with Gasteiger partial charge in [0, 0.05) is 26.6 Å². The van der Waals surface area contributed by atoms with Crippen LogP contribution < -0.4 is 4.90 Å². The predicted molar refractivity (Wildman–Crippen MR) is 128 cm³/mol. The molecule has 0 N–H and O–H groups in total. The fraction of sp³-hybridized carbons (Fsp3) is 0.0714. The van der Waals surface area contributed by atoms with Crippen LogP contribution in [-0.4, -0.2) is 11.6 Å². The second kappa shape index (κ2) is 6.94. The minimum Gasteiger partial charge on any atom is -0.308 e. The van der Waals surface area contributed by atoms with Crippen molar-refractivity contribution in [3.05, 3.63) is 114 Å². The fourth-order valence-electron chi connectivity index (χ4n) is 4.71. The van der Waals surface area contributed by atoms with Crippen LogP contribution in [0.3, 0.4) is 0 Å². The number of carbonyl (C=O) groups is 2. The maximum atomic E-state index is 13.3. The lowest BCUT2D eigenvalue weighted by atomic mass is 9.78. The number of ketones is 2. The van der Waals surface area contributed by atoms with Crippen LogP contribution in [0.25, 0.3) is 0 Å². The standard InChI is InChI=1S/C28H19NO2S/c1-28(26(30)20-11-5-6-12-21(20)27(28)31)18-15-16-23-25(17-18)32-24-14-8-7-13-22(24)29(23)19-9-3-2-4-10-19/h2-17H,1H3. The summed E-state index contributed by atoms with van der Waals surface area (Å²) in [6, 6.07) is 31.7. The van der Waals surface area contributed by atoms with E-state index in [-0.39, 0.29) is 11.6 Å². The summed E-state index contributed by atoms with van der Waals surface area (Å²) in [5.41, 5.74) is 3.80. The molecular weight excluding hydrogens is 414 g/mol. The molecule has 0 amide bonds. The van der Waals surface area contributed by atoms with Gasteiger partial charge in [0.05, 0.1) is 11.4 Å². The van der Waals surface area contributed by atoms with E-state index in [2.05, 4.69) is 29.2 Å². The van der Waals surface area contributed by atoms with E-state index >= 15 is 0 Å². The van der Waals surface area contributed by atoms with E-state index in [9.17, 15) is 9.59 Å². The van der Waals surface area contributed by atoms with Crippen LogP contribution in [0.5, 0.6) is 0 Å². The summed E-state index contributed by atoms with van der Waals surface area (Å²) in [4.78, 5) is 31.1. The number of benzene rings is 4. The highest BCUT2D eigenvalue weighted by Gasteiger charge is 2.50. The Bertz CT molecular complexity index is 1380. The van der Waals surface area contributed by atoms with Gasteiger partial charge >= 0.3 is 0 Å². The lowest BCUT2D eigenvalue weighted by Gasteiger charge is -2.34. The van der Waals surface area contributed by atoms with Gasteiger partial charge in [-0.25, -0.2) is 0 Å². The number of hydrogen-bond acceptors (Lipinski definition) is 4. The van der Waals surface area contributed by atoms with Crippen LogP contribution >= 0.6 is 11.8 Å². The first-order valence-corrected chi connectivity index (χ1v) is 11.4. The number of fused-ring (bicyclic) bond motifs is 3. The average Bonchev–Trinajstić information content (AvgIpc) is 3.05. The smallest absolute Gasteiger partial charge is 0.181 e. The first kappa shape index (κ1) is 19.1. The second-order valence-electron chi connectivity index (χ2n) is 8.25. The van der Waals surface area contributed by atoms with E-state index in [1.807, 2.05) is 60.7 Å². The summed E-state index contributed by atoms with van der Waals surface area (Å²) >= 11 is 1.67. The zero-order chi connectivity index (χ0) is 21.9. The van der Waals surface area contributed by atoms with Gasteiger partial charge in [-0.1, -0.05) is 72.4 Å². The van der Waals surface area contributed by atoms with E-state index in [0.717, 1.165) is 32.4 Å². The van der Waals surface area contributed by atoms with Crippen molar-refractivity contribution in [2.45, 2.75) is 22.1 Å². The molecule has 32 heavy (non-hydrogen) atoms. The van der Waals surface area contributed by atoms with Crippen molar-refractivity contribution < 1.29 is 9.59 Å². The van der Waals surface area contributed by atoms with Crippen molar-refractivity contribution in [1.29, 1.82) is 0 Å². The normalized spacial score (nSPS) is 15.8. The van der Waals surface area contributed by atoms with Gasteiger partial charge in [-0.2, -0.15) is 0 Å². The Morgan fingerprint density at radius 1 is 0.656 bits per heavy atom. The zero-order valence-electron chi connectivity index (χ0n) is 17.4. The van der Waals surface area contributed by atoms with Gasteiger partial charge < -0.3 is 4.90 Å². The van der Waals surface area contributed by atoms with Gasteiger partial charge in [-0.15, -0.1) is 0 Å². The maximum absolute atomic E-state index is 13.3. The minimum atomic E-state index is -1.20. The van der Waals surface area contributed by atoms with Gasteiger partial charge in [-0.05, 0) is 48.9 Å². The second-order valence-corrected chi connectivity index (χ2v) is 9.34. The SMILES string of the molecule is CC1(c2ccc3c(c2)Sc2ccccc2N3c2ccccc2)C(=O)c2ccccc2C1=O. The monoisotopic (exact) mass is 433 g/mol. The molecule has 0 radical (unpaired) electrons. The van der Waals surface area contributed by atoms with Crippen LogP contribution in [-0.2, 0) is 5.41 Å². The minimum absolute atomic E-state index is 0.126. The zero-order valence-corrected chi connectivity index (χ0v) is 18.2. The fourth-order valence-corrected chi connectivity index (χ4v) is 5.80. The van der Waals surface area contributed by atoms with E-state index < -0.39 is 5.41 Å². The maximum Gasteiger partial charge on any atom is 0.181 e. The van der Waals surface area contributed by atoms with Gasteiger partial charge in [0.25, 0.3) is 0 Å². The average molecular weight is 434 g/mol. The Hall–Kier alpha value is -3.63. The Morgan fingerprint density at radius 3 is 1.97 bits per heavy atom. The molecule has 6 rings (SSSR count). The highest BCUT2D eigenvalue weighted by Crippen LogP contribution is 2.52. The summed E-state index contributed by atoms with van der Waals surface area (Å²) in [7, 11) is 0. The highest BCUT2D eigenvalue weighted by molar-refractivity contribution is 7.99. The number of carbonyl (C=O) groups excluding carboxylic acids is 2. The van der Waals surface area contributed by atoms with Crippen LogP contribution in [0.4, 0.5) is 17.1 Å². The van der Waals surface area contributed by atoms with Gasteiger partial charge in [0.15, 0.2) is 11.6 Å². The van der Waals surface area contributed by atoms with Crippen LogP contribution in [0.1, 0.15) is 33.2 Å². The molecule has 1 aliphatic carbocycles. The molecule has 0 bridgehead atoms. The van der Waals surface area contributed by atoms with E-state index in [0.29, 0.717) is 11.1 Å². The lowest BCUT2D eigenvalue weighted by Crippen LogP contribution is -2.35. The topological polar surface area (TPSA) is 37.4 Å². The largest absolute Gasteiger partial charge is 0.308 e. The van der Waals surface area contributed by atoms with Crippen molar-refractivity contribution in [1.82, 2.24) is 0 Å². The molecule has 0 unspecified atom stereocenters. The summed E-state index contributed by atoms with van der Waals surface area (Å²) < 4.78 is 0. The Morgan fingerprint density at radius 2 is 1.25 bits per heavy atom. The molecule has 0 fully saturated rings. The summed E-state index contributed by atoms with van der Waals surface area (Å²) in [5.74, 6) is -0.252. The molecule has 0 atom stereocenters. The van der Waals surface area contributed by atoms with E-state index in [1.165, 1.54) is 0 Å². The molecule has 4 aromatic carbocycles. The van der Waals surface area contributed by atoms with Crippen LogP contribution in [0.2, 0.25) is 0 Å².